The van der Waals surface area contributed by atoms with Crippen LogP contribution in [0, 0.1) is 0 Å². The van der Waals surface area contributed by atoms with E-state index in [0.717, 1.165) is 19.6 Å². The monoisotopic (exact) mass is 449 g/mol. The first-order valence-electron chi connectivity index (χ1n) is 8.38. The minimum absolute atomic E-state index is 0.00592. The summed E-state index contributed by atoms with van der Waals surface area (Å²) in [7, 11) is -2.25. The molecule has 0 aromatic heterocycles. The molecule has 0 fully saturated rings. The van der Waals surface area contributed by atoms with E-state index in [0.29, 0.717) is 5.75 Å². The summed E-state index contributed by atoms with van der Waals surface area (Å²) in [6.45, 7) is -0.0722. The summed E-state index contributed by atoms with van der Waals surface area (Å²) in [5.41, 5.74) is 0. The highest BCUT2D eigenvalue weighted by molar-refractivity contribution is 9.10. The van der Waals surface area contributed by atoms with Crippen molar-refractivity contribution >= 4 is 36.7 Å². The third-order valence-corrected chi connectivity index (χ3v) is 6.45. The molecule has 1 atom stereocenters. The Kier molecular flexibility index (Phi) is 6.16. The van der Waals surface area contributed by atoms with E-state index >= 15 is 0 Å². The standard InChI is InChI=1S/C20H20BrNO4S/c1-22(13-18(23)14-26-19-8-4-7-17(21)12-19)27(24,25)20-10-9-15-5-2-3-6-16(15)11-20/h2-12,18,23H,13-14H2,1H3. The SMILES string of the molecule is CN(CC(O)COc1cccc(Br)c1)S(=O)(=O)c1ccc2ccccc2c1. The van der Waals surface area contributed by atoms with Gasteiger partial charge in [-0.3, -0.25) is 0 Å². The minimum atomic E-state index is -3.70. The maximum absolute atomic E-state index is 12.8. The highest BCUT2D eigenvalue weighted by Gasteiger charge is 2.23. The lowest BCUT2D eigenvalue weighted by Crippen LogP contribution is -2.37. The summed E-state index contributed by atoms with van der Waals surface area (Å²) in [5.74, 6) is 0.600. The molecule has 0 spiro atoms. The highest BCUT2D eigenvalue weighted by Crippen LogP contribution is 2.22. The Bertz CT molecular complexity index is 1040. The van der Waals surface area contributed by atoms with Gasteiger partial charge in [0.05, 0.1) is 4.90 Å². The fourth-order valence-corrected chi connectivity index (χ4v) is 4.33. The lowest BCUT2D eigenvalue weighted by molar-refractivity contribution is 0.0935. The first-order chi connectivity index (χ1) is 12.9. The summed E-state index contributed by atoms with van der Waals surface area (Å²) in [5, 5.41) is 12.0. The van der Waals surface area contributed by atoms with Gasteiger partial charge in [0.2, 0.25) is 10.0 Å². The number of rotatable bonds is 7. The van der Waals surface area contributed by atoms with Gasteiger partial charge in [-0.05, 0) is 41.1 Å². The van der Waals surface area contributed by atoms with Crippen LogP contribution in [0.1, 0.15) is 0 Å². The van der Waals surface area contributed by atoms with Crippen molar-refractivity contribution < 1.29 is 18.3 Å². The van der Waals surface area contributed by atoms with Crippen LogP contribution in [0.25, 0.3) is 10.8 Å². The van der Waals surface area contributed by atoms with Crippen LogP contribution in [-0.2, 0) is 10.0 Å². The molecule has 0 saturated heterocycles. The summed E-state index contributed by atoms with van der Waals surface area (Å²) in [4.78, 5) is 0.198. The van der Waals surface area contributed by atoms with E-state index in [1.54, 1.807) is 30.3 Å². The van der Waals surface area contributed by atoms with Crippen molar-refractivity contribution in [3.8, 4) is 5.75 Å². The average Bonchev–Trinajstić information content (AvgIpc) is 2.66. The molecule has 1 N–H and O–H groups in total. The van der Waals surface area contributed by atoms with Gasteiger partial charge in [0.25, 0.3) is 0 Å². The molecule has 142 valence electrons. The Balaban J connectivity index is 1.66. The van der Waals surface area contributed by atoms with Crippen molar-refractivity contribution in [2.45, 2.75) is 11.0 Å². The van der Waals surface area contributed by atoms with Gasteiger partial charge in [0, 0.05) is 18.1 Å². The van der Waals surface area contributed by atoms with Crippen molar-refractivity contribution in [3.05, 3.63) is 71.2 Å². The number of likely N-dealkylation sites (N-methyl/N-ethyl adjacent to an activating group) is 1. The van der Waals surface area contributed by atoms with Crippen LogP contribution in [0.3, 0.4) is 0 Å². The number of halogens is 1. The van der Waals surface area contributed by atoms with E-state index in [2.05, 4.69) is 15.9 Å². The molecule has 27 heavy (non-hydrogen) atoms. The van der Waals surface area contributed by atoms with E-state index in [1.807, 2.05) is 36.4 Å². The van der Waals surface area contributed by atoms with Gasteiger partial charge in [0.15, 0.2) is 0 Å². The number of hydrogen-bond acceptors (Lipinski definition) is 4. The van der Waals surface area contributed by atoms with E-state index in [1.165, 1.54) is 7.05 Å². The Morgan fingerprint density at radius 2 is 1.78 bits per heavy atom. The minimum Gasteiger partial charge on any atom is -0.491 e. The molecule has 0 saturated carbocycles. The van der Waals surface area contributed by atoms with Crippen molar-refractivity contribution in [3.63, 3.8) is 0 Å². The molecule has 0 heterocycles. The summed E-state index contributed by atoms with van der Waals surface area (Å²) < 4.78 is 33.1. The molecular formula is C20H20BrNO4S. The zero-order valence-electron chi connectivity index (χ0n) is 14.7. The van der Waals surface area contributed by atoms with E-state index < -0.39 is 16.1 Å². The first-order valence-corrected chi connectivity index (χ1v) is 10.6. The van der Waals surface area contributed by atoms with Gasteiger partial charge >= 0.3 is 0 Å². The largest absolute Gasteiger partial charge is 0.491 e. The van der Waals surface area contributed by atoms with Crippen LogP contribution in [0.15, 0.2) is 76.1 Å². The van der Waals surface area contributed by atoms with Gasteiger partial charge in [-0.1, -0.05) is 52.3 Å². The van der Waals surface area contributed by atoms with Gasteiger partial charge in [-0.15, -0.1) is 0 Å². The number of fused-ring (bicyclic) bond motifs is 1. The van der Waals surface area contributed by atoms with Gasteiger partial charge < -0.3 is 9.84 Å². The van der Waals surface area contributed by atoms with E-state index in [4.69, 9.17) is 4.74 Å². The normalized spacial score (nSPS) is 13.0. The zero-order valence-corrected chi connectivity index (χ0v) is 17.2. The van der Waals surface area contributed by atoms with E-state index in [-0.39, 0.29) is 18.0 Å². The molecule has 7 heteroatoms. The number of nitrogens with zero attached hydrogens (tertiary/aromatic N) is 1. The predicted octanol–water partition coefficient (Wildman–Crippen LogP) is 3.66. The van der Waals surface area contributed by atoms with E-state index in [9.17, 15) is 13.5 Å². The van der Waals surface area contributed by atoms with Gasteiger partial charge in [-0.25, -0.2) is 8.42 Å². The van der Waals surface area contributed by atoms with Crippen LogP contribution in [0.5, 0.6) is 5.75 Å². The smallest absolute Gasteiger partial charge is 0.242 e. The Morgan fingerprint density at radius 1 is 1.04 bits per heavy atom. The predicted molar refractivity (Wildman–Crippen MR) is 109 cm³/mol. The van der Waals surface area contributed by atoms with Gasteiger partial charge in [-0.2, -0.15) is 4.31 Å². The highest BCUT2D eigenvalue weighted by atomic mass is 79.9. The van der Waals surface area contributed by atoms with Gasteiger partial charge in [0.1, 0.15) is 18.5 Å². The zero-order chi connectivity index (χ0) is 19.4. The van der Waals surface area contributed by atoms with Crippen molar-refractivity contribution in [2.75, 3.05) is 20.2 Å². The maximum atomic E-state index is 12.8. The second-order valence-electron chi connectivity index (χ2n) is 6.22. The van der Waals surface area contributed by atoms with Crippen LogP contribution in [0.4, 0.5) is 0 Å². The van der Waals surface area contributed by atoms with Crippen molar-refractivity contribution in [2.24, 2.45) is 0 Å². The molecule has 0 amide bonds. The molecular weight excluding hydrogens is 430 g/mol. The molecule has 5 nitrogen and oxygen atoms in total. The summed E-state index contributed by atoms with van der Waals surface area (Å²) in [6, 6.07) is 19.8. The molecule has 1 unspecified atom stereocenters. The third-order valence-electron chi connectivity index (χ3n) is 4.14. The second kappa shape index (κ2) is 8.39. The molecule has 3 aromatic carbocycles. The molecule has 0 aliphatic carbocycles. The Hall–Kier alpha value is -1.93. The van der Waals surface area contributed by atoms with Crippen molar-refractivity contribution in [1.29, 1.82) is 0 Å². The fourth-order valence-electron chi connectivity index (χ4n) is 2.70. The summed E-state index contributed by atoms with van der Waals surface area (Å²) in [6.07, 6.45) is -0.954. The number of aliphatic hydroxyl groups excluding tert-OH is 1. The molecule has 3 aromatic rings. The molecule has 0 aliphatic rings. The quantitative estimate of drug-likeness (QED) is 0.597. The first kappa shape index (κ1) is 19.8. The number of aliphatic hydroxyl groups is 1. The van der Waals surface area contributed by atoms with Crippen LogP contribution in [0.2, 0.25) is 0 Å². The summed E-state index contributed by atoms with van der Waals surface area (Å²) >= 11 is 3.35. The topological polar surface area (TPSA) is 66.8 Å². The Morgan fingerprint density at radius 3 is 2.52 bits per heavy atom. The number of ether oxygens (including phenoxy) is 1. The molecule has 3 rings (SSSR count). The molecule has 0 bridgehead atoms. The number of sulfonamides is 1. The second-order valence-corrected chi connectivity index (χ2v) is 9.18. The fraction of sp³-hybridized carbons (Fsp3) is 0.200. The lowest BCUT2D eigenvalue weighted by Gasteiger charge is -2.21. The Labute approximate surface area is 167 Å². The third kappa shape index (κ3) is 4.87. The number of hydrogen-bond donors (Lipinski definition) is 1. The molecule has 0 aliphatic heterocycles. The van der Waals surface area contributed by atoms with Crippen molar-refractivity contribution in [1.82, 2.24) is 4.31 Å². The number of benzene rings is 3. The molecule has 0 radical (unpaired) electrons. The van der Waals surface area contributed by atoms with Crippen LogP contribution >= 0.6 is 15.9 Å². The van der Waals surface area contributed by atoms with Crippen LogP contribution in [-0.4, -0.2) is 44.1 Å². The van der Waals surface area contributed by atoms with Crippen LogP contribution < -0.4 is 4.74 Å². The average molecular weight is 450 g/mol. The maximum Gasteiger partial charge on any atom is 0.242 e. The lowest BCUT2D eigenvalue weighted by atomic mass is 10.1.